The van der Waals surface area contributed by atoms with E-state index >= 15 is 0 Å². The lowest BCUT2D eigenvalue weighted by Gasteiger charge is -2.40. The van der Waals surface area contributed by atoms with E-state index in [2.05, 4.69) is 27.8 Å². The van der Waals surface area contributed by atoms with Crippen molar-refractivity contribution in [3.63, 3.8) is 0 Å². The largest absolute Gasteiger partial charge is 0.326 e. The monoisotopic (exact) mass is 361 g/mol. The second-order valence-electron chi connectivity index (χ2n) is 7.22. The fraction of sp³-hybridized carbons (Fsp3) is 0.778. The van der Waals surface area contributed by atoms with Crippen molar-refractivity contribution in [3.8, 4) is 6.07 Å². The molecule has 0 bridgehead atoms. The van der Waals surface area contributed by atoms with Crippen molar-refractivity contribution in [2.75, 3.05) is 7.05 Å². The van der Waals surface area contributed by atoms with Gasteiger partial charge in [-0.15, -0.1) is 10.2 Å². The molecular weight excluding hydrogens is 334 g/mol. The van der Waals surface area contributed by atoms with Gasteiger partial charge in [-0.3, -0.25) is 4.79 Å². The number of carbonyl (C=O) groups excluding carboxylic acids is 1. The standard InChI is InChI=1S/C18H27N5OS/c1-4-23-15(14-8-9-14)20-21-17(23)25-13(2)16(24)22(3)18(12-19)10-6-5-7-11-18/h13-14H,4-11H2,1-3H3/t13-/m0/s1. The van der Waals surface area contributed by atoms with Crippen LogP contribution in [-0.2, 0) is 11.3 Å². The zero-order valence-corrected chi connectivity index (χ0v) is 16.2. The van der Waals surface area contributed by atoms with Gasteiger partial charge in [-0.25, -0.2) is 0 Å². The Hall–Kier alpha value is -1.55. The maximum Gasteiger partial charge on any atom is 0.236 e. The topological polar surface area (TPSA) is 74.8 Å². The number of nitriles is 1. The minimum Gasteiger partial charge on any atom is -0.326 e. The fourth-order valence-corrected chi connectivity index (χ4v) is 4.69. The fourth-order valence-electron chi connectivity index (χ4n) is 3.68. The van der Waals surface area contributed by atoms with Gasteiger partial charge in [-0.1, -0.05) is 31.0 Å². The summed E-state index contributed by atoms with van der Waals surface area (Å²) < 4.78 is 2.13. The summed E-state index contributed by atoms with van der Waals surface area (Å²) in [7, 11) is 1.79. The van der Waals surface area contributed by atoms with Crippen LogP contribution in [0.25, 0.3) is 0 Å². The number of hydrogen-bond acceptors (Lipinski definition) is 5. The van der Waals surface area contributed by atoms with Crippen LogP contribution in [0, 0.1) is 11.3 Å². The minimum absolute atomic E-state index is 0.00655. The van der Waals surface area contributed by atoms with E-state index in [0.717, 1.165) is 49.6 Å². The number of rotatable bonds is 6. The van der Waals surface area contributed by atoms with E-state index in [4.69, 9.17) is 0 Å². The van der Waals surface area contributed by atoms with Crippen molar-refractivity contribution >= 4 is 17.7 Å². The van der Waals surface area contributed by atoms with Crippen LogP contribution in [0.1, 0.15) is 70.5 Å². The van der Waals surface area contributed by atoms with Crippen molar-refractivity contribution in [2.24, 2.45) is 0 Å². The molecule has 0 saturated heterocycles. The van der Waals surface area contributed by atoms with E-state index in [-0.39, 0.29) is 11.2 Å². The molecule has 1 aromatic rings. The number of aromatic nitrogens is 3. The van der Waals surface area contributed by atoms with Crippen LogP contribution in [0.15, 0.2) is 5.16 Å². The molecule has 2 fully saturated rings. The van der Waals surface area contributed by atoms with Gasteiger partial charge in [0.15, 0.2) is 5.16 Å². The quantitative estimate of drug-likeness (QED) is 0.727. The summed E-state index contributed by atoms with van der Waals surface area (Å²) in [5, 5.41) is 18.9. The molecule has 2 aliphatic carbocycles. The van der Waals surface area contributed by atoms with Gasteiger partial charge in [-0.2, -0.15) is 5.26 Å². The number of amides is 1. The summed E-state index contributed by atoms with van der Waals surface area (Å²) in [6.07, 6.45) is 7.11. The first kappa shape index (κ1) is 18.2. The van der Waals surface area contributed by atoms with Gasteiger partial charge >= 0.3 is 0 Å². The highest BCUT2D eigenvalue weighted by Gasteiger charge is 2.40. The summed E-state index contributed by atoms with van der Waals surface area (Å²) in [6, 6.07) is 2.43. The molecule has 2 aliphatic rings. The molecule has 1 atom stereocenters. The predicted molar refractivity (Wildman–Crippen MR) is 97.2 cm³/mol. The van der Waals surface area contributed by atoms with Gasteiger partial charge in [0.25, 0.3) is 0 Å². The number of thioether (sulfide) groups is 1. The van der Waals surface area contributed by atoms with E-state index in [0.29, 0.717) is 5.92 Å². The van der Waals surface area contributed by atoms with E-state index in [1.807, 2.05) is 6.92 Å². The van der Waals surface area contributed by atoms with Crippen LogP contribution in [0.4, 0.5) is 0 Å². The second-order valence-corrected chi connectivity index (χ2v) is 8.53. The van der Waals surface area contributed by atoms with Gasteiger partial charge in [0.2, 0.25) is 5.91 Å². The summed E-state index contributed by atoms with van der Waals surface area (Å²) in [5.41, 5.74) is -0.637. The molecule has 0 radical (unpaired) electrons. The molecule has 6 nitrogen and oxygen atoms in total. The first-order valence-corrected chi connectivity index (χ1v) is 10.2. The first-order valence-electron chi connectivity index (χ1n) is 9.31. The molecule has 25 heavy (non-hydrogen) atoms. The summed E-state index contributed by atoms with van der Waals surface area (Å²) in [5.74, 6) is 1.60. The van der Waals surface area contributed by atoms with Crippen molar-refractivity contribution < 1.29 is 4.79 Å². The first-order chi connectivity index (χ1) is 12.0. The van der Waals surface area contributed by atoms with Crippen molar-refractivity contribution in [2.45, 2.75) is 87.2 Å². The lowest BCUT2D eigenvalue weighted by Crippen LogP contribution is -2.52. The second kappa shape index (κ2) is 7.36. The van der Waals surface area contributed by atoms with E-state index < -0.39 is 5.54 Å². The molecule has 7 heteroatoms. The Morgan fingerprint density at radius 3 is 2.64 bits per heavy atom. The summed E-state index contributed by atoms with van der Waals surface area (Å²) in [6.45, 7) is 4.81. The van der Waals surface area contributed by atoms with Crippen molar-refractivity contribution in [1.82, 2.24) is 19.7 Å². The SMILES string of the molecule is CCn1c(S[C@@H](C)C(=O)N(C)C2(C#N)CCCCC2)nnc1C1CC1. The van der Waals surface area contributed by atoms with Crippen LogP contribution < -0.4 is 0 Å². The Labute approximate surface area is 154 Å². The van der Waals surface area contributed by atoms with Gasteiger partial charge in [0, 0.05) is 19.5 Å². The molecule has 2 saturated carbocycles. The average molecular weight is 362 g/mol. The third-order valence-corrected chi connectivity index (χ3v) is 6.56. The molecular formula is C18H27N5OS. The van der Waals surface area contributed by atoms with E-state index in [1.165, 1.54) is 24.6 Å². The third kappa shape index (κ3) is 3.55. The van der Waals surface area contributed by atoms with E-state index in [9.17, 15) is 10.1 Å². The highest BCUT2D eigenvalue weighted by molar-refractivity contribution is 8.00. The van der Waals surface area contributed by atoms with Crippen molar-refractivity contribution in [1.29, 1.82) is 5.26 Å². The zero-order chi connectivity index (χ0) is 18.0. The van der Waals surface area contributed by atoms with Crippen LogP contribution in [0.5, 0.6) is 0 Å². The highest BCUT2D eigenvalue weighted by atomic mass is 32.2. The summed E-state index contributed by atoms with van der Waals surface area (Å²) >= 11 is 1.46. The molecule has 3 rings (SSSR count). The van der Waals surface area contributed by atoms with Crippen LogP contribution in [0.2, 0.25) is 0 Å². The Balaban J connectivity index is 1.71. The lowest BCUT2D eigenvalue weighted by atomic mass is 9.81. The maximum absolute atomic E-state index is 13.0. The van der Waals surface area contributed by atoms with Gasteiger partial charge in [0.05, 0.1) is 11.3 Å². The van der Waals surface area contributed by atoms with Gasteiger partial charge in [0.1, 0.15) is 11.4 Å². The van der Waals surface area contributed by atoms with Crippen LogP contribution >= 0.6 is 11.8 Å². The zero-order valence-electron chi connectivity index (χ0n) is 15.4. The van der Waals surface area contributed by atoms with Gasteiger partial charge in [-0.05, 0) is 39.5 Å². The third-order valence-electron chi connectivity index (χ3n) is 5.50. The molecule has 0 spiro atoms. The normalized spacial score (nSPS) is 20.7. The molecule has 0 N–H and O–H groups in total. The molecule has 1 heterocycles. The Bertz CT molecular complexity index is 669. The minimum atomic E-state index is -0.637. The van der Waals surface area contributed by atoms with Crippen LogP contribution in [0.3, 0.4) is 0 Å². The van der Waals surface area contributed by atoms with E-state index in [1.54, 1.807) is 11.9 Å². The number of carbonyl (C=O) groups is 1. The van der Waals surface area contributed by atoms with Gasteiger partial charge < -0.3 is 9.47 Å². The van der Waals surface area contributed by atoms with Crippen molar-refractivity contribution in [3.05, 3.63) is 5.82 Å². The molecule has 0 unspecified atom stereocenters. The Morgan fingerprint density at radius 2 is 2.08 bits per heavy atom. The van der Waals surface area contributed by atoms with Crippen LogP contribution in [-0.4, -0.2) is 43.4 Å². The molecule has 1 aromatic heterocycles. The predicted octanol–water partition coefficient (Wildman–Crippen LogP) is 3.34. The average Bonchev–Trinajstić information content (AvgIpc) is 3.41. The molecule has 136 valence electrons. The summed E-state index contributed by atoms with van der Waals surface area (Å²) in [4.78, 5) is 14.7. The number of hydrogen-bond donors (Lipinski definition) is 0. The smallest absolute Gasteiger partial charge is 0.236 e. The molecule has 0 aromatic carbocycles. The molecule has 0 aliphatic heterocycles. The Kier molecular flexibility index (Phi) is 5.38. The maximum atomic E-state index is 13.0. The lowest BCUT2D eigenvalue weighted by molar-refractivity contribution is -0.133. The highest BCUT2D eigenvalue weighted by Crippen LogP contribution is 2.40. The number of nitrogens with zero attached hydrogens (tertiary/aromatic N) is 5. The Morgan fingerprint density at radius 1 is 1.40 bits per heavy atom. The molecule has 1 amide bonds.